The Hall–Kier alpha value is -3.37. The van der Waals surface area contributed by atoms with Crippen LogP contribution in [0.3, 0.4) is 0 Å². The quantitative estimate of drug-likeness (QED) is 0.651. The van der Waals surface area contributed by atoms with Gasteiger partial charge in [0.25, 0.3) is 10.0 Å². The van der Waals surface area contributed by atoms with E-state index in [1.54, 1.807) is 23.1 Å². The molecule has 2 aromatic carbocycles. The molecule has 30 heavy (non-hydrogen) atoms. The minimum absolute atomic E-state index is 0.0515. The molecule has 1 aliphatic heterocycles. The van der Waals surface area contributed by atoms with Gasteiger partial charge in [-0.3, -0.25) is 5.10 Å². The number of nitrogens with zero attached hydrogens (tertiary/aromatic N) is 3. The molecule has 1 fully saturated rings. The number of anilines is 1. The maximum atomic E-state index is 12.6. The first-order chi connectivity index (χ1) is 14.5. The second kappa shape index (κ2) is 8.56. The monoisotopic (exact) mass is 427 g/mol. The van der Waals surface area contributed by atoms with Crippen LogP contribution in [0.1, 0.15) is 0 Å². The molecule has 0 bridgehead atoms. The normalized spacial score (nSPS) is 15.0. The predicted molar refractivity (Wildman–Crippen MR) is 111 cm³/mol. The van der Waals surface area contributed by atoms with Gasteiger partial charge in [0.15, 0.2) is 5.03 Å². The van der Waals surface area contributed by atoms with E-state index in [0.29, 0.717) is 30.3 Å². The zero-order chi connectivity index (χ0) is 21.0. The van der Waals surface area contributed by atoms with Crippen molar-refractivity contribution in [1.29, 1.82) is 0 Å². The van der Waals surface area contributed by atoms with Crippen LogP contribution in [-0.4, -0.2) is 60.0 Å². The molecule has 1 saturated heterocycles. The van der Waals surface area contributed by atoms with Crippen molar-refractivity contribution in [1.82, 2.24) is 19.4 Å². The van der Waals surface area contributed by atoms with Crippen LogP contribution in [0.5, 0.6) is 11.5 Å². The van der Waals surface area contributed by atoms with Crippen LogP contribution in [0.25, 0.3) is 0 Å². The fraction of sp³-hybridized carbons (Fsp3) is 0.200. The van der Waals surface area contributed by atoms with Gasteiger partial charge >= 0.3 is 6.03 Å². The van der Waals surface area contributed by atoms with Crippen LogP contribution >= 0.6 is 0 Å². The highest BCUT2D eigenvalue weighted by Gasteiger charge is 2.30. The van der Waals surface area contributed by atoms with Crippen LogP contribution in [-0.2, 0) is 10.0 Å². The summed E-state index contributed by atoms with van der Waals surface area (Å²) in [5.74, 6) is 1.31. The molecule has 9 nitrogen and oxygen atoms in total. The molecule has 0 saturated carbocycles. The van der Waals surface area contributed by atoms with Crippen molar-refractivity contribution in [2.75, 3.05) is 31.5 Å². The van der Waals surface area contributed by atoms with Gasteiger partial charge in [-0.25, -0.2) is 13.2 Å². The van der Waals surface area contributed by atoms with Gasteiger partial charge in [0, 0.05) is 37.9 Å². The molecule has 0 atom stereocenters. The second-order valence-electron chi connectivity index (χ2n) is 6.69. The summed E-state index contributed by atoms with van der Waals surface area (Å²) < 4.78 is 32.2. The first-order valence-corrected chi connectivity index (χ1v) is 10.8. The van der Waals surface area contributed by atoms with Crippen molar-refractivity contribution in [3.05, 3.63) is 66.9 Å². The lowest BCUT2D eigenvalue weighted by molar-refractivity contribution is 0.184. The highest BCUT2D eigenvalue weighted by atomic mass is 32.2. The van der Waals surface area contributed by atoms with Gasteiger partial charge in [0.2, 0.25) is 0 Å². The summed E-state index contributed by atoms with van der Waals surface area (Å²) in [5.41, 5.74) is 0.598. The van der Waals surface area contributed by atoms with Crippen molar-refractivity contribution in [3.63, 3.8) is 0 Å². The predicted octanol–water partition coefficient (Wildman–Crippen LogP) is 2.74. The molecular weight excluding hydrogens is 406 g/mol. The second-order valence-corrected chi connectivity index (χ2v) is 8.59. The highest BCUT2D eigenvalue weighted by Crippen LogP contribution is 2.24. The molecular formula is C20H21N5O4S. The largest absolute Gasteiger partial charge is 0.457 e. The molecule has 0 unspecified atom stereocenters. The van der Waals surface area contributed by atoms with Gasteiger partial charge < -0.3 is 15.0 Å². The number of rotatable bonds is 5. The minimum atomic E-state index is -3.62. The van der Waals surface area contributed by atoms with Gasteiger partial charge in [0.05, 0.1) is 6.20 Å². The van der Waals surface area contributed by atoms with E-state index in [1.165, 1.54) is 16.6 Å². The van der Waals surface area contributed by atoms with Gasteiger partial charge in [-0.15, -0.1) is 0 Å². The molecule has 2 amide bonds. The van der Waals surface area contributed by atoms with Crippen molar-refractivity contribution in [2.45, 2.75) is 5.03 Å². The van der Waals surface area contributed by atoms with Gasteiger partial charge in [-0.05, 0) is 30.3 Å². The van der Waals surface area contributed by atoms with Crippen LogP contribution in [0.2, 0.25) is 0 Å². The Balaban J connectivity index is 1.35. The van der Waals surface area contributed by atoms with Gasteiger partial charge in [-0.1, -0.05) is 24.3 Å². The van der Waals surface area contributed by atoms with Gasteiger partial charge in [-0.2, -0.15) is 9.40 Å². The Morgan fingerprint density at radius 1 is 0.967 bits per heavy atom. The number of carbonyl (C=O) groups is 1. The number of aromatic amines is 1. The lowest BCUT2D eigenvalue weighted by Crippen LogP contribution is -2.51. The Bertz CT molecular complexity index is 1100. The summed E-state index contributed by atoms with van der Waals surface area (Å²) in [6.07, 6.45) is 1.40. The Labute approximate surface area is 174 Å². The molecule has 4 rings (SSSR count). The third kappa shape index (κ3) is 4.44. The van der Waals surface area contributed by atoms with E-state index in [9.17, 15) is 13.2 Å². The van der Waals surface area contributed by atoms with E-state index >= 15 is 0 Å². The van der Waals surface area contributed by atoms with E-state index in [2.05, 4.69) is 15.5 Å². The van der Waals surface area contributed by atoms with E-state index in [4.69, 9.17) is 4.74 Å². The molecule has 2 heterocycles. The molecule has 2 N–H and O–H groups in total. The average Bonchev–Trinajstić information content (AvgIpc) is 3.31. The number of amides is 2. The summed E-state index contributed by atoms with van der Waals surface area (Å²) >= 11 is 0. The van der Waals surface area contributed by atoms with Crippen molar-refractivity contribution in [3.8, 4) is 11.5 Å². The maximum absolute atomic E-state index is 12.6. The molecule has 10 heteroatoms. The number of piperazine rings is 1. The number of nitrogens with one attached hydrogen (secondary N) is 2. The van der Waals surface area contributed by atoms with Crippen LogP contribution in [0.15, 0.2) is 71.9 Å². The SMILES string of the molecule is O=C(Nc1cccc(Oc2ccccc2)c1)N1CCN(S(=O)(=O)c2ccn[nH]2)CC1. The first kappa shape index (κ1) is 19.9. The van der Waals surface area contributed by atoms with E-state index in [-0.39, 0.29) is 24.1 Å². The molecule has 0 spiro atoms. The number of urea groups is 1. The number of benzene rings is 2. The number of hydrogen-bond acceptors (Lipinski definition) is 5. The van der Waals surface area contributed by atoms with Crippen molar-refractivity contribution in [2.24, 2.45) is 0 Å². The minimum Gasteiger partial charge on any atom is -0.457 e. The Morgan fingerprint density at radius 2 is 1.70 bits per heavy atom. The lowest BCUT2D eigenvalue weighted by Gasteiger charge is -2.33. The number of sulfonamides is 1. The van der Waals surface area contributed by atoms with Crippen molar-refractivity contribution < 1.29 is 17.9 Å². The van der Waals surface area contributed by atoms with E-state index in [1.807, 2.05) is 36.4 Å². The summed E-state index contributed by atoms with van der Waals surface area (Å²) in [5, 5.41) is 9.06. The fourth-order valence-electron chi connectivity index (χ4n) is 3.12. The number of H-pyrrole nitrogens is 1. The number of hydrogen-bond donors (Lipinski definition) is 2. The zero-order valence-corrected chi connectivity index (χ0v) is 16.9. The summed E-state index contributed by atoms with van der Waals surface area (Å²) in [4.78, 5) is 14.2. The molecule has 156 valence electrons. The highest BCUT2D eigenvalue weighted by molar-refractivity contribution is 7.89. The van der Waals surface area contributed by atoms with Crippen molar-refractivity contribution >= 4 is 21.7 Å². The first-order valence-electron chi connectivity index (χ1n) is 9.41. The third-order valence-corrected chi connectivity index (χ3v) is 6.51. The number of carbonyl (C=O) groups excluding carboxylic acids is 1. The summed E-state index contributed by atoms with van der Waals surface area (Å²) in [6.45, 7) is 1.01. The molecule has 3 aromatic rings. The van der Waals surface area contributed by atoms with Crippen LogP contribution < -0.4 is 10.1 Å². The Morgan fingerprint density at radius 3 is 2.40 bits per heavy atom. The van der Waals surface area contributed by atoms with Crippen LogP contribution in [0, 0.1) is 0 Å². The molecule has 1 aromatic heterocycles. The topological polar surface area (TPSA) is 108 Å². The molecule has 0 radical (unpaired) electrons. The summed E-state index contributed by atoms with van der Waals surface area (Å²) in [7, 11) is -3.62. The maximum Gasteiger partial charge on any atom is 0.321 e. The molecule has 1 aliphatic rings. The number of ether oxygens (including phenoxy) is 1. The third-order valence-electron chi connectivity index (χ3n) is 4.68. The fourth-order valence-corrected chi connectivity index (χ4v) is 4.44. The molecule has 0 aliphatic carbocycles. The Kier molecular flexibility index (Phi) is 5.68. The van der Waals surface area contributed by atoms with E-state index in [0.717, 1.165) is 0 Å². The number of aromatic nitrogens is 2. The van der Waals surface area contributed by atoms with Gasteiger partial charge in [0.1, 0.15) is 11.5 Å². The summed E-state index contributed by atoms with van der Waals surface area (Å²) in [6, 6.07) is 17.6. The standard InChI is InChI=1S/C20H21N5O4S/c26-20(22-16-5-4-8-18(15-16)29-17-6-2-1-3-7-17)24-11-13-25(14-12-24)30(27,28)19-9-10-21-23-19/h1-10,15H,11-14H2,(H,21,23)(H,22,26). The van der Waals surface area contributed by atoms with E-state index < -0.39 is 10.0 Å². The number of para-hydroxylation sites is 1. The average molecular weight is 427 g/mol. The lowest BCUT2D eigenvalue weighted by atomic mass is 10.3. The smallest absolute Gasteiger partial charge is 0.321 e. The zero-order valence-electron chi connectivity index (χ0n) is 16.1. The van der Waals surface area contributed by atoms with Crippen LogP contribution in [0.4, 0.5) is 10.5 Å².